The Morgan fingerprint density at radius 3 is 1.65 bits per heavy atom. The van der Waals surface area contributed by atoms with Gasteiger partial charge in [0, 0.05) is 5.56 Å². The lowest BCUT2D eigenvalue weighted by Gasteiger charge is -2.30. The van der Waals surface area contributed by atoms with Crippen LogP contribution < -0.4 is 0 Å². The zero-order valence-corrected chi connectivity index (χ0v) is 11.8. The van der Waals surface area contributed by atoms with E-state index in [1.54, 1.807) is 18.2 Å². The van der Waals surface area contributed by atoms with Gasteiger partial charge in [-0.3, -0.25) is 0 Å². The van der Waals surface area contributed by atoms with Gasteiger partial charge in [-0.15, -0.1) is 0 Å². The predicted octanol–water partition coefficient (Wildman–Crippen LogP) is 5.95. The maximum absolute atomic E-state index is 14.2. The van der Waals surface area contributed by atoms with E-state index in [4.69, 9.17) is 0 Å². The summed E-state index contributed by atoms with van der Waals surface area (Å²) in [6.45, 7) is 1.31. The SMILES string of the molecule is Cc1cc(-c2ccccc2)cc(C(F)(C(F)(F)F)C(F)(F)F)c1. The summed E-state index contributed by atoms with van der Waals surface area (Å²) in [4.78, 5) is 0. The Hall–Kier alpha value is -2.05. The Bertz CT molecular complexity index is 670. The topological polar surface area (TPSA) is 0 Å². The third-order valence-corrected chi connectivity index (χ3v) is 3.36. The van der Waals surface area contributed by atoms with Crippen LogP contribution in [0.4, 0.5) is 30.7 Å². The smallest absolute Gasteiger partial charge is 0.218 e. The highest BCUT2D eigenvalue weighted by molar-refractivity contribution is 5.65. The van der Waals surface area contributed by atoms with Crippen molar-refractivity contribution in [3.05, 3.63) is 59.7 Å². The summed E-state index contributed by atoms with van der Waals surface area (Å²) in [6, 6.07) is 10.4. The van der Waals surface area contributed by atoms with Crippen LogP contribution in [-0.4, -0.2) is 12.4 Å². The highest BCUT2D eigenvalue weighted by Gasteiger charge is 2.73. The molecule has 0 saturated carbocycles. The summed E-state index contributed by atoms with van der Waals surface area (Å²) in [5.41, 5.74) is -6.33. The molecular weight excluding hydrogens is 325 g/mol. The van der Waals surface area contributed by atoms with E-state index in [-0.39, 0.29) is 11.1 Å². The average molecular weight is 336 g/mol. The number of alkyl halides is 7. The second-order valence-corrected chi connectivity index (χ2v) is 5.11. The Morgan fingerprint density at radius 1 is 0.652 bits per heavy atom. The molecule has 0 N–H and O–H groups in total. The monoisotopic (exact) mass is 336 g/mol. The highest BCUT2D eigenvalue weighted by Crippen LogP contribution is 2.53. The fraction of sp³-hybridized carbons (Fsp3) is 0.250. The van der Waals surface area contributed by atoms with Crippen LogP contribution in [0.25, 0.3) is 11.1 Å². The van der Waals surface area contributed by atoms with Gasteiger partial charge in [-0.05, 0) is 24.1 Å². The van der Waals surface area contributed by atoms with Gasteiger partial charge in [-0.25, -0.2) is 4.39 Å². The van der Waals surface area contributed by atoms with Crippen molar-refractivity contribution in [3.8, 4) is 11.1 Å². The second kappa shape index (κ2) is 5.54. The molecule has 0 spiro atoms. The number of hydrogen-bond acceptors (Lipinski definition) is 0. The quantitative estimate of drug-likeness (QED) is 0.594. The van der Waals surface area contributed by atoms with Crippen LogP contribution in [0, 0.1) is 6.92 Å². The van der Waals surface area contributed by atoms with Crippen LogP contribution in [0.1, 0.15) is 11.1 Å². The molecule has 7 heteroatoms. The summed E-state index contributed by atoms with van der Waals surface area (Å²) in [5, 5.41) is 0. The van der Waals surface area contributed by atoms with Gasteiger partial charge in [0.15, 0.2) is 0 Å². The van der Waals surface area contributed by atoms with E-state index in [2.05, 4.69) is 0 Å². The number of halogens is 7. The molecular formula is C16H11F7. The van der Waals surface area contributed by atoms with Gasteiger partial charge < -0.3 is 0 Å². The van der Waals surface area contributed by atoms with E-state index in [9.17, 15) is 30.7 Å². The van der Waals surface area contributed by atoms with E-state index >= 15 is 0 Å². The van der Waals surface area contributed by atoms with Gasteiger partial charge in [-0.2, -0.15) is 26.3 Å². The summed E-state index contributed by atoms with van der Waals surface area (Å²) < 4.78 is 91.3. The maximum atomic E-state index is 14.2. The Balaban J connectivity index is 2.70. The Kier molecular flexibility index (Phi) is 4.17. The summed E-state index contributed by atoms with van der Waals surface area (Å²) >= 11 is 0. The molecule has 0 nitrogen and oxygen atoms in total. The maximum Gasteiger partial charge on any atom is 0.435 e. The summed E-state index contributed by atoms with van der Waals surface area (Å²) in [5.74, 6) is 0. The Morgan fingerprint density at radius 2 is 1.17 bits per heavy atom. The van der Waals surface area contributed by atoms with Crippen molar-refractivity contribution in [3.63, 3.8) is 0 Å². The number of rotatable bonds is 2. The van der Waals surface area contributed by atoms with Crippen LogP contribution in [0.5, 0.6) is 0 Å². The lowest BCUT2D eigenvalue weighted by atomic mass is 9.89. The van der Waals surface area contributed by atoms with Gasteiger partial charge >= 0.3 is 18.0 Å². The van der Waals surface area contributed by atoms with E-state index in [0.717, 1.165) is 0 Å². The standard InChI is InChI=1S/C16H11F7/c1-10-7-12(11-5-3-2-4-6-11)9-13(8-10)14(17,15(18,19)20)16(21,22)23/h2-9H,1H3. The lowest BCUT2D eigenvalue weighted by molar-refractivity contribution is -0.348. The number of aryl methyl sites for hydroxylation is 1. The molecule has 2 aromatic carbocycles. The summed E-state index contributed by atoms with van der Waals surface area (Å²) in [6.07, 6.45) is -12.2. The van der Waals surface area contributed by atoms with E-state index in [1.807, 2.05) is 0 Å². The zero-order chi connectivity index (χ0) is 17.5. The minimum atomic E-state index is -6.12. The van der Waals surface area contributed by atoms with Crippen molar-refractivity contribution in [2.75, 3.05) is 0 Å². The van der Waals surface area contributed by atoms with Gasteiger partial charge in [-0.1, -0.05) is 48.0 Å². The average Bonchev–Trinajstić information content (AvgIpc) is 2.44. The van der Waals surface area contributed by atoms with Crippen molar-refractivity contribution < 1.29 is 30.7 Å². The van der Waals surface area contributed by atoms with Crippen molar-refractivity contribution in [2.24, 2.45) is 0 Å². The normalized spacial score (nSPS) is 13.2. The molecule has 124 valence electrons. The molecule has 2 rings (SSSR count). The molecule has 2 aromatic rings. The van der Waals surface area contributed by atoms with Gasteiger partial charge in [0.2, 0.25) is 0 Å². The largest absolute Gasteiger partial charge is 0.435 e. The van der Waals surface area contributed by atoms with E-state index in [1.165, 1.54) is 25.1 Å². The number of hydrogen-bond donors (Lipinski definition) is 0. The molecule has 0 unspecified atom stereocenters. The van der Waals surface area contributed by atoms with Crippen LogP contribution in [0.3, 0.4) is 0 Å². The molecule has 0 bridgehead atoms. The van der Waals surface area contributed by atoms with Gasteiger partial charge in [0.25, 0.3) is 0 Å². The zero-order valence-electron chi connectivity index (χ0n) is 11.8. The van der Waals surface area contributed by atoms with Crippen LogP contribution in [-0.2, 0) is 5.67 Å². The molecule has 0 heterocycles. The molecule has 0 saturated heterocycles. The third kappa shape index (κ3) is 3.04. The second-order valence-electron chi connectivity index (χ2n) is 5.11. The first kappa shape index (κ1) is 17.3. The molecule has 0 fully saturated rings. The van der Waals surface area contributed by atoms with E-state index in [0.29, 0.717) is 17.7 Å². The molecule has 0 amide bonds. The number of benzene rings is 2. The Labute approximate surface area is 127 Å². The molecule has 0 aromatic heterocycles. The van der Waals surface area contributed by atoms with Crippen LogP contribution in [0.15, 0.2) is 48.5 Å². The molecule has 0 atom stereocenters. The minimum absolute atomic E-state index is 0.0797. The fourth-order valence-corrected chi connectivity index (χ4v) is 2.27. The molecule has 23 heavy (non-hydrogen) atoms. The van der Waals surface area contributed by atoms with Crippen molar-refractivity contribution in [1.29, 1.82) is 0 Å². The lowest BCUT2D eigenvalue weighted by Crippen LogP contribution is -2.50. The van der Waals surface area contributed by atoms with Gasteiger partial charge in [0.05, 0.1) is 0 Å². The first-order chi connectivity index (χ1) is 10.5. The first-order valence-corrected chi connectivity index (χ1v) is 6.47. The summed E-state index contributed by atoms with van der Waals surface area (Å²) in [7, 11) is 0. The third-order valence-electron chi connectivity index (χ3n) is 3.36. The highest BCUT2D eigenvalue weighted by atomic mass is 19.4. The van der Waals surface area contributed by atoms with Crippen LogP contribution in [0.2, 0.25) is 0 Å². The van der Waals surface area contributed by atoms with Crippen molar-refractivity contribution in [1.82, 2.24) is 0 Å². The molecule has 0 aliphatic heterocycles. The van der Waals surface area contributed by atoms with Crippen molar-refractivity contribution in [2.45, 2.75) is 24.9 Å². The molecule has 0 aliphatic carbocycles. The fourth-order valence-electron chi connectivity index (χ4n) is 2.27. The minimum Gasteiger partial charge on any atom is -0.218 e. The molecule has 0 radical (unpaired) electrons. The van der Waals surface area contributed by atoms with Crippen LogP contribution >= 0.6 is 0 Å². The molecule has 0 aliphatic rings. The van der Waals surface area contributed by atoms with Crippen molar-refractivity contribution >= 4 is 0 Å². The van der Waals surface area contributed by atoms with Gasteiger partial charge in [0.1, 0.15) is 0 Å². The predicted molar refractivity (Wildman–Crippen MR) is 71.5 cm³/mol. The van der Waals surface area contributed by atoms with E-state index < -0.39 is 23.6 Å². The first-order valence-electron chi connectivity index (χ1n) is 6.47.